The lowest BCUT2D eigenvalue weighted by molar-refractivity contribution is 0.0879. The third-order valence-corrected chi connectivity index (χ3v) is 3.86. The minimum Gasteiger partial charge on any atom is -0.445 e. The number of amides is 3. The molecule has 6 heteroatoms. The van der Waals surface area contributed by atoms with Gasteiger partial charge in [0.2, 0.25) is 0 Å². The molecule has 0 aromatic heterocycles. The van der Waals surface area contributed by atoms with Crippen LogP contribution in [0.2, 0.25) is 0 Å². The van der Waals surface area contributed by atoms with E-state index in [1.807, 2.05) is 42.5 Å². The second-order valence-corrected chi connectivity index (χ2v) is 5.77. The SMILES string of the molecule is O=C(NCCC=Cc1ccc2c(c1)C(=O)NC2=O)OCc1ccccc1. The molecular weight excluding hydrogens is 332 g/mol. The maximum atomic E-state index is 11.6. The number of carbonyl (C=O) groups excluding carboxylic acids is 3. The largest absolute Gasteiger partial charge is 0.445 e. The van der Waals surface area contributed by atoms with E-state index in [9.17, 15) is 14.4 Å². The molecule has 0 saturated carbocycles. The van der Waals surface area contributed by atoms with Gasteiger partial charge in [0.15, 0.2) is 0 Å². The molecule has 0 fully saturated rings. The number of benzene rings is 2. The van der Waals surface area contributed by atoms with Gasteiger partial charge in [-0.3, -0.25) is 14.9 Å². The molecule has 3 rings (SSSR count). The number of nitrogens with one attached hydrogen (secondary N) is 2. The Hall–Kier alpha value is -3.41. The first-order valence-electron chi connectivity index (χ1n) is 8.24. The molecule has 6 nitrogen and oxygen atoms in total. The minimum atomic E-state index is -0.463. The van der Waals surface area contributed by atoms with Crippen LogP contribution in [0.25, 0.3) is 6.08 Å². The number of carbonyl (C=O) groups is 3. The number of fused-ring (bicyclic) bond motifs is 1. The van der Waals surface area contributed by atoms with E-state index in [-0.39, 0.29) is 18.4 Å². The van der Waals surface area contributed by atoms with Crippen LogP contribution in [0.15, 0.2) is 54.6 Å². The Kier molecular flexibility index (Phi) is 5.43. The van der Waals surface area contributed by atoms with Crippen molar-refractivity contribution in [3.8, 4) is 0 Å². The van der Waals surface area contributed by atoms with E-state index in [1.165, 1.54) is 0 Å². The molecule has 0 spiro atoms. The van der Waals surface area contributed by atoms with Crippen LogP contribution in [-0.2, 0) is 11.3 Å². The van der Waals surface area contributed by atoms with Crippen molar-refractivity contribution in [2.45, 2.75) is 13.0 Å². The maximum absolute atomic E-state index is 11.6. The second kappa shape index (κ2) is 8.11. The highest BCUT2D eigenvalue weighted by atomic mass is 16.5. The second-order valence-electron chi connectivity index (χ2n) is 5.77. The molecule has 1 aliphatic rings. The predicted octanol–water partition coefficient (Wildman–Crippen LogP) is 2.90. The zero-order valence-electron chi connectivity index (χ0n) is 14.0. The lowest BCUT2D eigenvalue weighted by atomic mass is 10.1. The Labute approximate surface area is 150 Å². The zero-order valence-corrected chi connectivity index (χ0v) is 14.0. The highest BCUT2D eigenvalue weighted by Gasteiger charge is 2.26. The summed E-state index contributed by atoms with van der Waals surface area (Å²) in [5.74, 6) is -0.734. The van der Waals surface area contributed by atoms with Gasteiger partial charge in [-0.25, -0.2) is 4.79 Å². The number of hydrogen-bond acceptors (Lipinski definition) is 4. The molecule has 0 atom stereocenters. The van der Waals surface area contributed by atoms with Crippen LogP contribution in [0.1, 0.15) is 38.3 Å². The van der Waals surface area contributed by atoms with Gasteiger partial charge >= 0.3 is 6.09 Å². The Morgan fingerprint density at radius 1 is 1.04 bits per heavy atom. The zero-order chi connectivity index (χ0) is 18.4. The predicted molar refractivity (Wildman–Crippen MR) is 96.5 cm³/mol. The van der Waals surface area contributed by atoms with Crippen molar-refractivity contribution in [1.82, 2.24) is 10.6 Å². The molecule has 0 unspecified atom stereocenters. The van der Waals surface area contributed by atoms with E-state index < -0.39 is 6.09 Å². The normalized spacial score (nSPS) is 12.8. The summed E-state index contributed by atoms with van der Waals surface area (Å²) >= 11 is 0. The van der Waals surface area contributed by atoms with E-state index in [1.54, 1.807) is 18.2 Å². The van der Waals surface area contributed by atoms with Crippen molar-refractivity contribution in [3.63, 3.8) is 0 Å². The van der Waals surface area contributed by atoms with Crippen LogP contribution >= 0.6 is 0 Å². The van der Waals surface area contributed by atoms with Gasteiger partial charge in [-0.15, -0.1) is 0 Å². The van der Waals surface area contributed by atoms with E-state index in [0.29, 0.717) is 24.1 Å². The Morgan fingerprint density at radius 2 is 1.81 bits per heavy atom. The molecule has 0 aliphatic carbocycles. The standard InChI is InChI=1S/C20H18N2O4/c23-18-16-10-9-14(12-17(16)19(24)22-18)6-4-5-11-21-20(25)26-13-15-7-2-1-3-8-15/h1-4,6-10,12H,5,11,13H2,(H,21,25)(H,22,23,24). The summed E-state index contributed by atoms with van der Waals surface area (Å²) in [7, 11) is 0. The summed E-state index contributed by atoms with van der Waals surface area (Å²) in [6, 6.07) is 14.5. The summed E-state index contributed by atoms with van der Waals surface area (Å²) in [5.41, 5.74) is 2.54. The average molecular weight is 350 g/mol. The number of alkyl carbamates (subject to hydrolysis) is 1. The summed E-state index contributed by atoms with van der Waals surface area (Å²) in [6.07, 6.45) is 3.87. The first kappa shape index (κ1) is 17.4. The Morgan fingerprint density at radius 3 is 2.62 bits per heavy atom. The third-order valence-electron chi connectivity index (χ3n) is 3.86. The van der Waals surface area contributed by atoms with Crippen molar-refractivity contribution in [3.05, 3.63) is 76.9 Å². The summed E-state index contributed by atoms with van der Waals surface area (Å²) in [5, 5.41) is 4.93. The quantitative estimate of drug-likeness (QED) is 0.620. The maximum Gasteiger partial charge on any atom is 0.407 e. The van der Waals surface area contributed by atoms with Gasteiger partial charge in [0, 0.05) is 6.54 Å². The smallest absolute Gasteiger partial charge is 0.407 e. The third kappa shape index (κ3) is 4.36. The van der Waals surface area contributed by atoms with Gasteiger partial charge in [-0.2, -0.15) is 0 Å². The molecule has 2 N–H and O–H groups in total. The van der Waals surface area contributed by atoms with Gasteiger partial charge < -0.3 is 10.1 Å². The average Bonchev–Trinajstić information content (AvgIpc) is 2.94. The van der Waals surface area contributed by atoms with Crippen LogP contribution in [-0.4, -0.2) is 24.5 Å². The van der Waals surface area contributed by atoms with Crippen molar-refractivity contribution < 1.29 is 19.1 Å². The van der Waals surface area contributed by atoms with Crippen molar-refractivity contribution >= 4 is 24.0 Å². The Bertz CT molecular complexity index is 859. The molecule has 0 saturated heterocycles. The van der Waals surface area contributed by atoms with E-state index in [4.69, 9.17) is 4.74 Å². The van der Waals surface area contributed by atoms with Crippen LogP contribution in [0.5, 0.6) is 0 Å². The van der Waals surface area contributed by atoms with Crippen molar-refractivity contribution in [2.24, 2.45) is 0 Å². The number of ether oxygens (including phenoxy) is 1. The Balaban J connectivity index is 1.41. The fraction of sp³-hybridized carbons (Fsp3) is 0.150. The molecule has 1 aliphatic heterocycles. The van der Waals surface area contributed by atoms with Gasteiger partial charge in [-0.05, 0) is 29.7 Å². The van der Waals surface area contributed by atoms with Crippen molar-refractivity contribution in [1.29, 1.82) is 0 Å². The highest BCUT2D eigenvalue weighted by Crippen LogP contribution is 2.18. The fourth-order valence-corrected chi connectivity index (χ4v) is 2.54. The lowest BCUT2D eigenvalue weighted by Gasteiger charge is -2.05. The van der Waals surface area contributed by atoms with Crippen molar-refractivity contribution in [2.75, 3.05) is 6.54 Å². The molecule has 132 valence electrons. The van der Waals surface area contributed by atoms with Gasteiger partial charge in [0.25, 0.3) is 11.8 Å². The van der Waals surface area contributed by atoms with Gasteiger partial charge in [0.05, 0.1) is 11.1 Å². The molecule has 0 radical (unpaired) electrons. The molecule has 0 bridgehead atoms. The van der Waals surface area contributed by atoms with Crippen LogP contribution < -0.4 is 10.6 Å². The highest BCUT2D eigenvalue weighted by molar-refractivity contribution is 6.21. The van der Waals surface area contributed by atoms with Gasteiger partial charge in [0.1, 0.15) is 6.61 Å². The molecule has 3 amide bonds. The molecule has 1 heterocycles. The van der Waals surface area contributed by atoms with Gasteiger partial charge in [-0.1, -0.05) is 48.6 Å². The first-order valence-corrected chi connectivity index (χ1v) is 8.24. The van der Waals surface area contributed by atoms with Crippen LogP contribution in [0.3, 0.4) is 0 Å². The lowest BCUT2D eigenvalue weighted by Crippen LogP contribution is -2.24. The first-order chi connectivity index (χ1) is 12.6. The molecular formula is C20H18N2O4. The number of rotatable bonds is 6. The van der Waals surface area contributed by atoms with E-state index >= 15 is 0 Å². The summed E-state index contributed by atoms with van der Waals surface area (Å²) < 4.78 is 5.11. The fourth-order valence-electron chi connectivity index (χ4n) is 2.54. The van der Waals surface area contributed by atoms with E-state index in [0.717, 1.165) is 11.1 Å². The molecule has 2 aromatic rings. The summed E-state index contributed by atoms with van der Waals surface area (Å²) in [4.78, 5) is 34.7. The number of hydrogen-bond donors (Lipinski definition) is 2. The number of imide groups is 1. The topological polar surface area (TPSA) is 84.5 Å². The molecule has 2 aromatic carbocycles. The van der Waals surface area contributed by atoms with E-state index in [2.05, 4.69) is 10.6 Å². The van der Waals surface area contributed by atoms with Crippen LogP contribution in [0.4, 0.5) is 4.79 Å². The van der Waals surface area contributed by atoms with Crippen LogP contribution in [0, 0.1) is 0 Å². The molecule has 26 heavy (non-hydrogen) atoms. The minimum absolute atomic E-state index is 0.235. The monoisotopic (exact) mass is 350 g/mol. The summed E-state index contributed by atoms with van der Waals surface area (Å²) in [6.45, 7) is 0.673.